The van der Waals surface area contributed by atoms with Crippen molar-refractivity contribution in [3.8, 4) is 11.1 Å². The molecule has 4 nitrogen and oxygen atoms in total. The Bertz CT molecular complexity index is 1810. The quantitative estimate of drug-likeness (QED) is 0.161. The van der Waals surface area contributed by atoms with Crippen LogP contribution in [-0.2, 0) is 9.47 Å². The number of aliphatic imine (C=N–C) groups is 2. The van der Waals surface area contributed by atoms with Crippen molar-refractivity contribution in [1.82, 2.24) is 0 Å². The molecule has 0 amide bonds. The van der Waals surface area contributed by atoms with E-state index in [0.717, 1.165) is 34.0 Å². The van der Waals surface area contributed by atoms with Gasteiger partial charge in [-0.05, 0) is 44.5 Å². The maximum atomic E-state index is 6.44. The van der Waals surface area contributed by atoms with Crippen LogP contribution in [-0.4, -0.2) is 25.0 Å². The van der Waals surface area contributed by atoms with Gasteiger partial charge in [0.15, 0.2) is 11.8 Å². The molecule has 48 heavy (non-hydrogen) atoms. The summed E-state index contributed by atoms with van der Waals surface area (Å²) in [6, 6.07) is 58.9. The first-order valence-corrected chi connectivity index (χ1v) is 16.6. The average Bonchev–Trinajstić information content (AvgIpc) is 3.85. The fourth-order valence-corrected chi connectivity index (χ4v) is 7.02. The minimum Gasteiger partial charge on any atom is -0.478 e. The van der Waals surface area contributed by atoms with E-state index in [1.54, 1.807) is 0 Å². The molecule has 0 saturated carbocycles. The van der Waals surface area contributed by atoms with Crippen LogP contribution in [0.1, 0.15) is 57.3 Å². The van der Waals surface area contributed by atoms with Crippen LogP contribution in [0.5, 0.6) is 0 Å². The van der Waals surface area contributed by atoms with Crippen molar-refractivity contribution in [2.45, 2.75) is 23.9 Å². The van der Waals surface area contributed by atoms with Gasteiger partial charge in [0.1, 0.15) is 25.3 Å². The minimum absolute atomic E-state index is 0.0672. The molecule has 4 heteroatoms. The Morgan fingerprint density at radius 3 is 1.00 bits per heavy atom. The summed E-state index contributed by atoms with van der Waals surface area (Å²) in [6.07, 6.45) is 0. The molecule has 0 spiro atoms. The Balaban J connectivity index is 1.14. The first-order chi connectivity index (χ1) is 23.8. The van der Waals surface area contributed by atoms with Crippen molar-refractivity contribution in [3.05, 3.63) is 203 Å². The molecular formula is C44H36N2O2. The lowest BCUT2D eigenvalue weighted by Crippen LogP contribution is -2.14. The SMILES string of the molecule is c1ccc(C(C2=N[C@@H](c3ccccc3-c3ccccc3[C@H]3COC(C(c4ccccc4)c4ccccc4)=N3)CO2)c2ccccc2)cc1. The fraction of sp³-hybridized carbons (Fsp3) is 0.136. The number of rotatable bonds is 9. The highest BCUT2D eigenvalue weighted by Gasteiger charge is 2.33. The molecule has 0 N–H and O–H groups in total. The number of ether oxygens (including phenoxy) is 2. The summed E-state index contributed by atoms with van der Waals surface area (Å²) in [4.78, 5) is 10.5. The number of hydrogen-bond acceptors (Lipinski definition) is 4. The van der Waals surface area contributed by atoms with Crippen LogP contribution < -0.4 is 0 Å². The van der Waals surface area contributed by atoms with Crippen LogP contribution >= 0.6 is 0 Å². The Kier molecular flexibility index (Phi) is 8.37. The van der Waals surface area contributed by atoms with Gasteiger partial charge in [-0.15, -0.1) is 0 Å². The van der Waals surface area contributed by atoms with E-state index in [-0.39, 0.29) is 23.9 Å². The summed E-state index contributed by atoms with van der Waals surface area (Å²) in [5.41, 5.74) is 9.26. The highest BCUT2D eigenvalue weighted by atomic mass is 16.5. The molecule has 0 unspecified atom stereocenters. The summed E-state index contributed by atoms with van der Waals surface area (Å²) >= 11 is 0. The van der Waals surface area contributed by atoms with Crippen molar-refractivity contribution in [2.24, 2.45) is 9.98 Å². The second-order valence-electron chi connectivity index (χ2n) is 12.3. The first kappa shape index (κ1) is 29.6. The van der Waals surface area contributed by atoms with E-state index in [1.807, 2.05) is 24.3 Å². The smallest absolute Gasteiger partial charge is 0.196 e. The Morgan fingerprint density at radius 1 is 0.375 bits per heavy atom. The van der Waals surface area contributed by atoms with Crippen LogP contribution in [0.25, 0.3) is 11.1 Å². The molecular weight excluding hydrogens is 588 g/mol. The van der Waals surface area contributed by atoms with Gasteiger partial charge in [0.25, 0.3) is 0 Å². The molecule has 0 radical (unpaired) electrons. The largest absolute Gasteiger partial charge is 0.478 e. The third-order valence-corrected chi connectivity index (χ3v) is 9.30. The number of nitrogens with zero attached hydrogens (tertiary/aromatic N) is 2. The van der Waals surface area contributed by atoms with Gasteiger partial charge in [-0.2, -0.15) is 0 Å². The summed E-state index contributed by atoms with van der Waals surface area (Å²) in [7, 11) is 0. The van der Waals surface area contributed by atoms with E-state index in [0.29, 0.717) is 13.2 Å². The second-order valence-corrected chi connectivity index (χ2v) is 12.3. The van der Waals surface area contributed by atoms with Crippen molar-refractivity contribution >= 4 is 11.8 Å². The molecule has 2 atom stereocenters. The van der Waals surface area contributed by atoms with E-state index in [4.69, 9.17) is 19.5 Å². The number of hydrogen-bond donors (Lipinski definition) is 0. The Morgan fingerprint density at radius 2 is 0.667 bits per heavy atom. The maximum absolute atomic E-state index is 6.44. The summed E-state index contributed by atoms with van der Waals surface area (Å²) < 4.78 is 12.9. The van der Waals surface area contributed by atoms with Gasteiger partial charge in [-0.1, -0.05) is 170 Å². The van der Waals surface area contributed by atoms with Crippen LogP contribution in [0.2, 0.25) is 0 Å². The monoisotopic (exact) mass is 624 g/mol. The topological polar surface area (TPSA) is 43.2 Å². The molecule has 2 aliphatic heterocycles. The second kappa shape index (κ2) is 13.5. The van der Waals surface area contributed by atoms with Crippen LogP contribution in [0.3, 0.4) is 0 Å². The van der Waals surface area contributed by atoms with Crippen molar-refractivity contribution < 1.29 is 9.47 Å². The molecule has 8 rings (SSSR count). The molecule has 0 saturated heterocycles. The zero-order valence-electron chi connectivity index (χ0n) is 26.6. The fourth-order valence-electron chi connectivity index (χ4n) is 7.02. The Labute approximate surface area is 282 Å². The normalized spacial score (nSPS) is 17.1. The van der Waals surface area contributed by atoms with Gasteiger partial charge < -0.3 is 9.47 Å². The van der Waals surface area contributed by atoms with E-state index in [9.17, 15) is 0 Å². The van der Waals surface area contributed by atoms with Gasteiger partial charge >= 0.3 is 0 Å². The predicted octanol–water partition coefficient (Wildman–Crippen LogP) is 9.96. The lowest BCUT2D eigenvalue weighted by Gasteiger charge is -2.17. The van der Waals surface area contributed by atoms with Crippen molar-refractivity contribution in [1.29, 1.82) is 0 Å². The Hall–Kier alpha value is -5.74. The summed E-state index contributed by atoms with van der Waals surface area (Å²) in [5.74, 6) is 1.38. The van der Waals surface area contributed by atoms with E-state index < -0.39 is 0 Å². The standard InChI is InChI=1S/C44H36N2O2/c1-5-17-31(18-6-1)41(32-19-7-2-8-20-32)43-45-39(29-47-43)37-27-15-13-25-35(37)36-26-14-16-28-38(36)40-30-48-44(46-40)42(33-21-9-3-10-22-33)34-23-11-4-12-24-34/h1-28,39-42H,29-30H2/t39-,40-/m1/s1. The lowest BCUT2D eigenvalue weighted by molar-refractivity contribution is 0.309. The molecule has 2 heterocycles. The minimum atomic E-state index is -0.126. The molecule has 6 aromatic rings. The molecule has 2 aliphatic rings. The van der Waals surface area contributed by atoms with Gasteiger partial charge in [-0.3, -0.25) is 0 Å². The highest BCUT2D eigenvalue weighted by molar-refractivity contribution is 5.90. The van der Waals surface area contributed by atoms with Crippen LogP contribution in [0.4, 0.5) is 0 Å². The van der Waals surface area contributed by atoms with E-state index in [2.05, 4.69) is 146 Å². The molecule has 0 aliphatic carbocycles. The zero-order valence-corrected chi connectivity index (χ0v) is 26.6. The predicted molar refractivity (Wildman–Crippen MR) is 194 cm³/mol. The van der Waals surface area contributed by atoms with Gasteiger partial charge in [0.2, 0.25) is 0 Å². The molecule has 6 aromatic carbocycles. The van der Waals surface area contributed by atoms with Gasteiger partial charge in [0.05, 0.1) is 11.8 Å². The maximum Gasteiger partial charge on any atom is 0.196 e. The zero-order chi connectivity index (χ0) is 32.1. The van der Waals surface area contributed by atoms with Crippen LogP contribution in [0.15, 0.2) is 180 Å². The molecule has 234 valence electrons. The molecule has 0 bridgehead atoms. The average molecular weight is 625 g/mol. The first-order valence-electron chi connectivity index (χ1n) is 16.6. The van der Waals surface area contributed by atoms with Crippen molar-refractivity contribution in [3.63, 3.8) is 0 Å². The highest BCUT2D eigenvalue weighted by Crippen LogP contribution is 2.41. The number of benzene rings is 6. The third kappa shape index (κ3) is 5.93. The van der Waals surface area contributed by atoms with E-state index >= 15 is 0 Å². The third-order valence-electron chi connectivity index (χ3n) is 9.30. The summed E-state index contributed by atoms with van der Waals surface area (Å²) in [6.45, 7) is 0.991. The summed E-state index contributed by atoms with van der Waals surface area (Å²) in [5, 5.41) is 0. The van der Waals surface area contributed by atoms with E-state index in [1.165, 1.54) is 22.3 Å². The van der Waals surface area contributed by atoms with Crippen LogP contribution in [0, 0.1) is 0 Å². The van der Waals surface area contributed by atoms with Gasteiger partial charge in [0, 0.05) is 0 Å². The lowest BCUT2D eigenvalue weighted by atomic mass is 9.89. The van der Waals surface area contributed by atoms with Gasteiger partial charge in [-0.25, -0.2) is 9.98 Å². The molecule has 0 fully saturated rings. The van der Waals surface area contributed by atoms with Crippen molar-refractivity contribution in [2.75, 3.05) is 13.2 Å². The molecule has 0 aromatic heterocycles.